The average Bonchev–Trinajstić information content (AvgIpc) is 3.41. The van der Waals surface area contributed by atoms with Crippen LogP contribution < -0.4 is 19.1 Å². The molecule has 3 aliphatic heterocycles. The third kappa shape index (κ3) is 2.18. The van der Waals surface area contributed by atoms with E-state index in [1.165, 1.54) is 5.56 Å². The number of ether oxygens (including phenoxy) is 3. The topological polar surface area (TPSA) is 48.0 Å². The number of amides is 1. The minimum atomic E-state index is -0.850. The number of nitrogens with zero attached hydrogens (tertiary/aromatic N) is 1. The van der Waals surface area contributed by atoms with Crippen molar-refractivity contribution in [2.24, 2.45) is 0 Å². The van der Waals surface area contributed by atoms with E-state index in [1.807, 2.05) is 41.3 Å². The van der Waals surface area contributed by atoms with Gasteiger partial charge in [0.25, 0.3) is 0 Å². The number of aryl methyl sites for hydroxylation is 1. The predicted octanol–water partition coefficient (Wildman–Crippen LogP) is 3.95. The quantitative estimate of drug-likeness (QED) is 0.670. The van der Waals surface area contributed by atoms with E-state index in [1.54, 1.807) is 0 Å². The highest BCUT2D eigenvalue weighted by molar-refractivity contribution is 6.11. The van der Waals surface area contributed by atoms with E-state index in [2.05, 4.69) is 31.2 Å². The highest BCUT2D eigenvalue weighted by Gasteiger charge is 2.57. The number of rotatable bonds is 2. The fourth-order valence-corrected chi connectivity index (χ4v) is 4.60. The molecular formula is C24H19NO4. The number of hydrogen-bond donors (Lipinski definition) is 0. The first-order valence-electron chi connectivity index (χ1n) is 9.71. The van der Waals surface area contributed by atoms with Gasteiger partial charge >= 0.3 is 0 Å². The van der Waals surface area contributed by atoms with Crippen molar-refractivity contribution < 1.29 is 19.0 Å². The van der Waals surface area contributed by atoms with Crippen LogP contribution in [0.25, 0.3) is 0 Å². The van der Waals surface area contributed by atoms with Crippen molar-refractivity contribution in [2.75, 3.05) is 18.3 Å². The van der Waals surface area contributed by atoms with Gasteiger partial charge in [0.2, 0.25) is 12.7 Å². The van der Waals surface area contributed by atoms with E-state index in [0.717, 1.165) is 22.4 Å². The molecule has 3 aliphatic rings. The summed E-state index contributed by atoms with van der Waals surface area (Å²) in [5.41, 5.74) is 4.22. The maximum Gasteiger partial charge on any atom is 0.246 e. The molecular weight excluding hydrogens is 366 g/mol. The summed E-state index contributed by atoms with van der Waals surface area (Å²) >= 11 is 0. The van der Waals surface area contributed by atoms with Crippen LogP contribution in [0.2, 0.25) is 0 Å². The van der Waals surface area contributed by atoms with Crippen molar-refractivity contribution in [2.45, 2.75) is 18.9 Å². The molecule has 5 heteroatoms. The summed E-state index contributed by atoms with van der Waals surface area (Å²) in [7, 11) is 0. The average molecular weight is 385 g/mol. The molecule has 5 nitrogen and oxygen atoms in total. The zero-order valence-corrected chi connectivity index (χ0v) is 16.0. The molecule has 29 heavy (non-hydrogen) atoms. The van der Waals surface area contributed by atoms with Gasteiger partial charge in [-0.2, -0.15) is 0 Å². The number of para-hydroxylation sites is 1. The van der Waals surface area contributed by atoms with Crippen molar-refractivity contribution in [3.8, 4) is 17.2 Å². The van der Waals surface area contributed by atoms with Gasteiger partial charge in [-0.1, -0.05) is 48.0 Å². The lowest BCUT2D eigenvalue weighted by Gasteiger charge is -2.23. The molecule has 6 rings (SSSR count). The van der Waals surface area contributed by atoms with E-state index in [4.69, 9.17) is 14.2 Å². The molecule has 1 spiro atoms. The molecule has 144 valence electrons. The molecule has 3 aromatic rings. The second kappa shape index (κ2) is 5.77. The van der Waals surface area contributed by atoms with Gasteiger partial charge in [0.15, 0.2) is 11.5 Å². The SMILES string of the molecule is Cc1ccc(CN2C(=O)C3(COc4cc5c(cc43)OCO5)c3ccccc32)cc1. The van der Waals surface area contributed by atoms with Crippen LogP contribution in [0.4, 0.5) is 5.69 Å². The highest BCUT2D eigenvalue weighted by Crippen LogP contribution is 2.55. The fourth-order valence-electron chi connectivity index (χ4n) is 4.60. The number of anilines is 1. The fraction of sp³-hybridized carbons (Fsp3) is 0.208. The van der Waals surface area contributed by atoms with Gasteiger partial charge in [0.05, 0.1) is 6.54 Å². The maximum absolute atomic E-state index is 13.9. The largest absolute Gasteiger partial charge is 0.491 e. The summed E-state index contributed by atoms with van der Waals surface area (Å²) in [5.74, 6) is 2.05. The molecule has 1 unspecified atom stereocenters. The van der Waals surface area contributed by atoms with Crippen LogP contribution >= 0.6 is 0 Å². The summed E-state index contributed by atoms with van der Waals surface area (Å²) < 4.78 is 17.1. The lowest BCUT2D eigenvalue weighted by atomic mass is 9.77. The van der Waals surface area contributed by atoms with Crippen LogP contribution in [0.1, 0.15) is 22.3 Å². The minimum absolute atomic E-state index is 0.0388. The van der Waals surface area contributed by atoms with Gasteiger partial charge in [-0.25, -0.2) is 0 Å². The Kier molecular flexibility index (Phi) is 3.28. The van der Waals surface area contributed by atoms with E-state index in [-0.39, 0.29) is 19.3 Å². The molecule has 0 saturated heterocycles. The Hall–Kier alpha value is -3.47. The second-order valence-electron chi connectivity index (χ2n) is 7.79. The molecule has 0 fully saturated rings. The van der Waals surface area contributed by atoms with Crippen molar-refractivity contribution in [3.05, 3.63) is 82.9 Å². The number of carbonyl (C=O) groups is 1. The zero-order valence-electron chi connectivity index (χ0n) is 16.0. The van der Waals surface area contributed by atoms with E-state index >= 15 is 0 Å². The van der Waals surface area contributed by atoms with E-state index in [9.17, 15) is 4.79 Å². The lowest BCUT2D eigenvalue weighted by Crippen LogP contribution is -2.42. The standard InChI is InChI=1S/C24H19NO4/c1-15-6-8-16(9-7-15)12-25-19-5-3-2-4-17(19)24(23(25)26)13-27-20-11-22-21(10-18(20)24)28-14-29-22/h2-11H,12-14H2,1H3. The van der Waals surface area contributed by atoms with Crippen LogP contribution in [0.3, 0.4) is 0 Å². The first-order chi connectivity index (χ1) is 14.2. The Labute approximate surface area is 168 Å². The van der Waals surface area contributed by atoms with Crippen LogP contribution in [-0.4, -0.2) is 19.3 Å². The van der Waals surface area contributed by atoms with Crippen molar-refractivity contribution in [1.29, 1.82) is 0 Å². The van der Waals surface area contributed by atoms with Gasteiger partial charge < -0.3 is 19.1 Å². The lowest BCUT2D eigenvalue weighted by molar-refractivity contribution is -0.122. The maximum atomic E-state index is 13.9. The highest BCUT2D eigenvalue weighted by atomic mass is 16.7. The molecule has 0 aliphatic carbocycles. The summed E-state index contributed by atoms with van der Waals surface area (Å²) in [4.78, 5) is 15.8. The van der Waals surface area contributed by atoms with Gasteiger partial charge in [0, 0.05) is 17.3 Å². The monoisotopic (exact) mass is 385 g/mol. The number of hydrogen-bond acceptors (Lipinski definition) is 4. The molecule has 0 bridgehead atoms. The molecule has 0 saturated carbocycles. The number of fused-ring (bicyclic) bond motifs is 5. The van der Waals surface area contributed by atoms with Crippen molar-refractivity contribution in [1.82, 2.24) is 0 Å². The number of carbonyl (C=O) groups excluding carboxylic acids is 1. The van der Waals surface area contributed by atoms with Crippen LogP contribution in [-0.2, 0) is 16.8 Å². The molecule has 1 amide bonds. The Balaban J connectivity index is 1.49. The van der Waals surface area contributed by atoms with Crippen LogP contribution in [0.5, 0.6) is 17.2 Å². The summed E-state index contributed by atoms with van der Waals surface area (Å²) in [6.07, 6.45) is 0. The Morgan fingerprint density at radius 3 is 2.48 bits per heavy atom. The van der Waals surface area contributed by atoms with Crippen LogP contribution in [0.15, 0.2) is 60.7 Å². The molecule has 0 aromatic heterocycles. The molecule has 0 N–H and O–H groups in total. The third-order valence-corrected chi connectivity index (χ3v) is 6.10. The van der Waals surface area contributed by atoms with Crippen molar-refractivity contribution in [3.63, 3.8) is 0 Å². The number of benzene rings is 3. The Morgan fingerprint density at radius 1 is 0.897 bits per heavy atom. The summed E-state index contributed by atoms with van der Waals surface area (Å²) in [5, 5.41) is 0. The van der Waals surface area contributed by atoms with Gasteiger partial charge in [-0.15, -0.1) is 0 Å². The van der Waals surface area contributed by atoms with E-state index < -0.39 is 5.41 Å². The predicted molar refractivity (Wildman–Crippen MR) is 108 cm³/mol. The first-order valence-corrected chi connectivity index (χ1v) is 9.71. The summed E-state index contributed by atoms with van der Waals surface area (Å²) in [6.45, 7) is 3.06. The van der Waals surface area contributed by atoms with Gasteiger partial charge in [-0.05, 0) is 30.2 Å². The summed E-state index contributed by atoms with van der Waals surface area (Å²) in [6, 6.07) is 20.1. The molecule has 1 atom stereocenters. The molecule has 0 radical (unpaired) electrons. The van der Waals surface area contributed by atoms with Crippen LogP contribution in [0, 0.1) is 6.92 Å². The minimum Gasteiger partial charge on any atom is -0.491 e. The first kappa shape index (κ1) is 16.5. The van der Waals surface area contributed by atoms with Gasteiger partial charge in [-0.3, -0.25) is 4.79 Å². The Morgan fingerprint density at radius 2 is 1.66 bits per heavy atom. The van der Waals surface area contributed by atoms with Crippen molar-refractivity contribution >= 4 is 11.6 Å². The Bertz CT molecular complexity index is 1150. The second-order valence-corrected chi connectivity index (χ2v) is 7.79. The van der Waals surface area contributed by atoms with Gasteiger partial charge in [0.1, 0.15) is 17.8 Å². The zero-order chi connectivity index (χ0) is 19.6. The molecule has 3 aromatic carbocycles. The smallest absolute Gasteiger partial charge is 0.246 e. The van der Waals surface area contributed by atoms with E-state index in [0.29, 0.717) is 23.8 Å². The molecule has 3 heterocycles. The third-order valence-electron chi connectivity index (χ3n) is 6.10. The normalized spacial score (nSPS) is 20.7.